The van der Waals surface area contributed by atoms with Crippen molar-refractivity contribution in [2.75, 3.05) is 18.0 Å². The Kier molecular flexibility index (Phi) is 4.84. The summed E-state index contributed by atoms with van der Waals surface area (Å²) in [5, 5.41) is 9.40. The number of fused-ring (bicyclic) bond motifs is 2. The van der Waals surface area contributed by atoms with Crippen molar-refractivity contribution in [3.05, 3.63) is 47.4 Å². The monoisotopic (exact) mass is 418 g/mol. The van der Waals surface area contributed by atoms with Crippen LogP contribution in [0.3, 0.4) is 0 Å². The highest BCUT2D eigenvalue weighted by molar-refractivity contribution is 5.76. The van der Waals surface area contributed by atoms with Crippen LogP contribution in [0.15, 0.2) is 30.6 Å². The maximum Gasteiger partial charge on any atom is 0.219 e. The molecule has 0 bridgehead atoms. The fraction of sp³-hybridized carbons (Fsp3) is 0.458. The summed E-state index contributed by atoms with van der Waals surface area (Å²) in [4.78, 5) is 16.4. The molecule has 0 unspecified atom stereocenters. The smallest absolute Gasteiger partial charge is 0.219 e. The molecule has 0 radical (unpaired) electrons. The fourth-order valence-electron chi connectivity index (χ4n) is 4.91. The van der Waals surface area contributed by atoms with E-state index >= 15 is 0 Å². The summed E-state index contributed by atoms with van der Waals surface area (Å²) in [5.41, 5.74) is 7.41. The molecule has 2 aliphatic heterocycles. The molecule has 0 spiro atoms. The molecule has 0 aliphatic carbocycles. The van der Waals surface area contributed by atoms with Gasteiger partial charge in [-0.15, -0.1) is 0 Å². The molecule has 2 aromatic heterocycles. The van der Waals surface area contributed by atoms with Crippen LogP contribution in [0.4, 0.5) is 11.5 Å². The summed E-state index contributed by atoms with van der Waals surface area (Å²) in [6, 6.07) is 7.00. The van der Waals surface area contributed by atoms with E-state index in [4.69, 9.17) is 5.10 Å². The number of amides is 1. The van der Waals surface area contributed by atoms with Gasteiger partial charge in [-0.25, -0.2) is 0 Å². The van der Waals surface area contributed by atoms with Crippen LogP contribution in [0.2, 0.25) is 0 Å². The maximum absolute atomic E-state index is 12.1. The van der Waals surface area contributed by atoms with E-state index in [1.54, 1.807) is 6.92 Å². The lowest BCUT2D eigenvalue weighted by atomic mass is 9.96. The number of rotatable bonds is 3. The highest BCUT2D eigenvalue weighted by Crippen LogP contribution is 2.39. The number of carbonyl (C=O) groups excluding carboxylic acids is 1. The lowest BCUT2D eigenvalue weighted by molar-refractivity contribution is -0.129. The van der Waals surface area contributed by atoms with Gasteiger partial charge >= 0.3 is 0 Å². The summed E-state index contributed by atoms with van der Waals surface area (Å²) in [7, 11) is 1.95. The Bertz CT molecular complexity index is 1140. The van der Waals surface area contributed by atoms with Crippen LogP contribution >= 0.6 is 0 Å². The molecule has 7 nitrogen and oxygen atoms in total. The second-order valence-electron chi connectivity index (χ2n) is 8.98. The van der Waals surface area contributed by atoms with Crippen LogP contribution in [-0.2, 0) is 31.2 Å². The average Bonchev–Trinajstić information content (AvgIpc) is 3.36. The van der Waals surface area contributed by atoms with Crippen molar-refractivity contribution < 1.29 is 4.79 Å². The molecule has 0 saturated carbocycles. The number of hydrogen-bond donors (Lipinski definition) is 0. The normalized spacial score (nSPS) is 15.9. The third kappa shape index (κ3) is 3.42. The molecule has 0 N–H and O–H groups in total. The van der Waals surface area contributed by atoms with E-state index < -0.39 is 0 Å². The Morgan fingerprint density at radius 1 is 1.13 bits per heavy atom. The predicted octanol–water partition coefficient (Wildman–Crippen LogP) is 3.85. The van der Waals surface area contributed by atoms with Gasteiger partial charge in [-0.05, 0) is 49.9 Å². The van der Waals surface area contributed by atoms with Gasteiger partial charge < -0.3 is 9.80 Å². The molecule has 31 heavy (non-hydrogen) atoms. The largest absolute Gasteiger partial charge is 0.338 e. The number of aromatic nitrogens is 4. The number of nitrogens with zero attached hydrogens (tertiary/aromatic N) is 6. The van der Waals surface area contributed by atoms with Gasteiger partial charge in [0, 0.05) is 68.2 Å². The summed E-state index contributed by atoms with van der Waals surface area (Å²) >= 11 is 0. The van der Waals surface area contributed by atoms with Crippen molar-refractivity contribution in [2.45, 2.75) is 52.6 Å². The Morgan fingerprint density at radius 2 is 1.97 bits per heavy atom. The molecule has 4 heterocycles. The number of benzene rings is 1. The van der Waals surface area contributed by atoms with Gasteiger partial charge in [-0.2, -0.15) is 10.2 Å². The number of hydrogen-bond acceptors (Lipinski definition) is 4. The average molecular weight is 419 g/mol. The molecule has 1 aromatic carbocycles. The van der Waals surface area contributed by atoms with Crippen molar-refractivity contribution in [1.29, 1.82) is 0 Å². The zero-order chi connectivity index (χ0) is 21.7. The molecule has 5 rings (SSSR count). The van der Waals surface area contributed by atoms with Crippen LogP contribution < -0.4 is 4.90 Å². The minimum Gasteiger partial charge on any atom is -0.338 e. The van der Waals surface area contributed by atoms with Crippen molar-refractivity contribution in [3.8, 4) is 11.1 Å². The maximum atomic E-state index is 12.1. The third-order valence-corrected chi connectivity index (χ3v) is 6.49. The Balaban J connectivity index is 1.57. The fourth-order valence-corrected chi connectivity index (χ4v) is 4.91. The highest BCUT2D eigenvalue weighted by atomic mass is 16.2. The van der Waals surface area contributed by atoms with E-state index in [-0.39, 0.29) is 5.91 Å². The lowest BCUT2D eigenvalue weighted by Gasteiger charge is -2.32. The van der Waals surface area contributed by atoms with E-state index in [0.29, 0.717) is 12.6 Å². The quantitative estimate of drug-likeness (QED) is 0.648. The molecule has 162 valence electrons. The highest BCUT2D eigenvalue weighted by Gasteiger charge is 2.31. The van der Waals surface area contributed by atoms with Gasteiger partial charge in [0.2, 0.25) is 5.91 Å². The number of aryl methyl sites for hydroxylation is 2. The van der Waals surface area contributed by atoms with Crippen molar-refractivity contribution in [1.82, 2.24) is 24.5 Å². The van der Waals surface area contributed by atoms with E-state index in [1.807, 2.05) is 22.8 Å². The standard InChI is InChI=1S/C24H30N6O/c1-16(2)30-23-9-11-28(17(3)31)15-21(23)24(26-30)29-10-5-6-19-12-18(7-8-22(19)29)20-13-25-27(4)14-20/h7-8,12-14,16H,5-6,9-11,15H2,1-4H3. The molecule has 2 aliphatic rings. The van der Waals surface area contributed by atoms with Gasteiger partial charge in [0.1, 0.15) is 0 Å². The molecule has 0 atom stereocenters. The minimum absolute atomic E-state index is 0.133. The second kappa shape index (κ2) is 7.55. The van der Waals surface area contributed by atoms with E-state index in [9.17, 15) is 4.79 Å². The molecule has 7 heteroatoms. The number of anilines is 2. The van der Waals surface area contributed by atoms with Crippen LogP contribution in [0.5, 0.6) is 0 Å². The second-order valence-corrected chi connectivity index (χ2v) is 8.98. The first-order valence-corrected chi connectivity index (χ1v) is 11.2. The zero-order valence-electron chi connectivity index (χ0n) is 18.8. The SMILES string of the molecule is CC(=O)N1CCc2c(c(N3CCCc4cc(-c5cnn(C)c5)ccc43)nn2C(C)C)C1. The van der Waals surface area contributed by atoms with Gasteiger partial charge in [-0.1, -0.05) is 6.07 Å². The van der Waals surface area contributed by atoms with E-state index in [1.165, 1.54) is 28.1 Å². The molecule has 0 saturated heterocycles. The Hall–Kier alpha value is -3.09. The molecule has 3 aromatic rings. The van der Waals surface area contributed by atoms with Crippen molar-refractivity contribution >= 4 is 17.4 Å². The first kappa shape index (κ1) is 19.8. The molecule has 0 fully saturated rings. The lowest BCUT2D eigenvalue weighted by Crippen LogP contribution is -2.35. The predicted molar refractivity (Wildman–Crippen MR) is 121 cm³/mol. The van der Waals surface area contributed by atoms with Gasteiger partial charge in [0.25, 0.3) is 0 Å². The Labute approximate surface area is 183 Å². The van der Waals surface area contributed by atoms with Gasteiger partial charge in [0.15, 0.2) is 5.82 Å². The Morgan fingerprint density at radius 3 is 2.68 bits per heavy atom. The molecular weight excluding hydrogens is 388 g/mol. The third-order valence-electron chi connectivity index (χ3n) is 6.49. The first-order chi connectivity index (χ1) is 14.9. The summed E-state index contributed by atoms with van der Waals surface area (Å²) in [6.07, 6.45) is 6.98. The van der Waals surface area contributed by atoms with Crippen LogP contribution in [0.1, 0.15) is 50.1 Å². The van der Waals surface area contributed by atoms with E-state index in [0.717, 1.165) is 43.7 Å². The van der Waals surface area contributed by atoms with Crippen LogP contribution in [0.25, 0.3) is 11.1 Å². The summed E-state index contributed by atoms with van der Waals surface area (Å²) in [6.45, 7) is 8.38. The topological polar surface area (TPSA) is 59.2 Å². The van der Waals surface area contributed by atoms with Crippen molar-refractivity contribution in [2.24, 2.45) is 7.05 Å². The number of carbonyl (C=O) groups is 1. The zero-order valence-corrected chi connectivity index (χ0v) is 18.8. The molecule has 1 amide bonds. The van der Waals surface area contributed by atoms with Crippen molar-refractivity contribution in [3.63, 3.8) is 0 Å². The van der Waals surface area contributed by atoms with Gasteiger partial charge in [-0.3, -0.25) is 14.2 Å². The van der Waals surface area contributed by atoms with Gasteiger partial charge in [0.05, 0.1) is 12.7 Å². The van der Waals surface area contributed by atoms with E-state index in [2.05, 4.69) is 52.9 Å². The van der Waals surface area contributed by atoms with Crippen LogP contribution in [-0.4, -0.2) is 43.5 Å². The van der Waals surface area contributed by atoms with Crippen LogP contribution in [0, 0.1) is 0 Å². The molecular formula is C24H30N6O. The summed E-state index contributed by atoms with van der Waals surface area (Å²) < 4.78 is 4.01. The summed E-state index contributed by atoms with van der Waals surface area (Å²) in [5.74, 6) is 1.15. The first-order valence-electron chi connectivity index (χ1n) is 11.2. The minimum atomic E-state index is 0.133.